The Kier molecular flexibility index (Phi) is 3.90. The zero-order valence-corrected chi connectivity index (χ0v) is 13.2. The lowest BCUT2D eigenvalue weighted by atomic mass is 10.0. The van der Waals surface area contributed by atoms with Crippen LogP contribution in [-0.2, 0) is 4.79 Å². The number of hydrogen-bond acceptors (Lipinski definition) is 6. The number of hydrogen-bond donors (Lipinski definition) is 3. The highest BCUT2D eigenvalue weighted by atomic mass is 16.4. The molecule has 8 nitrogen and oxygen atoms in total. The van der Waals surface area contributed by atoms with Crippen molar-refractivity contribution in [3.8, 4) is 0 Å². The number of anilines is 2. The van der Waals surface area contributed by atoms with E-state index in [1.165, 1.54) is 18.2 Å². The Balaban J connectivity index is 2.15. The van der Waals surface area contributed by atoms with Crippen molar-refractivity contribution < 1.29 is 19.5 Å². The molecule has 2 aromatic rings. The Hall–Kier alpha value is -3.00. The number of aromatic nitrogens is 1. The summed E-state index contributed by atoms with van der Waals surface area (Å²) in [4.78, 5) is 41.2. The molecular formula is C16H16N4O4. The average Bonchev–Trinajstić information content (AvgIpc) is 2.81. The van der Waals surface area contributed by atoms with Crippen LogP contribution in [0.4, 0.5) is 11.6 Å². The van der Waals surface area contributed by atoms with Crippen LogP contribution in [0, 0.1) is 0 Å². The molecule has 3 rings (SSSR count). The number of Topliss-reactive ketones (excluding diaryl/α,β-unsaturated/α-hetero) is 1. The van der Waals surface area contributed by atoms with Crippen molar-refractivity contribution in [3.63, 3.8) is 0 Å². The van der Waals surface area contributed by atoms with Gasteiger partial charge in [0, 0.05) is 23.9 Å². The predicted molar refractivity (Wildman–Crippen MR) is 88.7 cm³/mol. The number of aromatic carboxylic acids is 1. The third kappa shape index (κ3) is 2.67. The largest absolute Gasteiger partial charge is 0.478 e. The maximum absolute atomic E-state index is 12.0. The summed E-state index contributed by atoms with van der Waals surface area (Å²) in [6.07, 6.45) is 0. The van der Waals surface area contributed by atoms with E-state index in [2.05, 4.69) is 15.6 Å². The quantitative estimate of drug-likeness (QED) is 0.703. The van der Waals surface area contributed by atoms with Crippen molar-refractivity contribution in [1.29, 1.82) is 0 Å². The fraction of sp³-hybridized carbons (Fsp3) is 0.250. The smallest absolute Gasteiger partial charge is 0.335 e. The molecule has 124 valence electrons. The van der Waals surface area contributed by atoms with Crippen LogP contribution in [-0.4, -0.2) is 59.8 Å². The minimum atomic E-state index is -1.07. The Morgan fingerprint density at radius 2 is 2.04 bits per heavy atom. The summed E-state index contributed by atoms with van der Waals surface area (Å²) in [6.45, 7) is 1.32. The lowest BCUT2D eigenvalue weighted by Crippen LogP contribution is -2.21. The summed E-state index contributed by atoms with van der Waals surface area (Å²) in [7, 11) is 3.86. The molecule has 0 saturated heterocycles. The van der Waals surface area contributed by atoms with Gasteiger partial charge in [-0.15, -0.1) is 0 Å². The predicted octanol–water partition coefficient (Wildman–Crippen LogP) is 1.04. The second-order valence-electron chi connectivity index (χ2n) is 5.76. The Morgan fingerprint density at radius 1 is 1.29 bits per heavy atom. The second-order valence-corrected chi connectivity index (χ2v) is 5.76. The number of carboxylic acids is 1. The molecule has 0 atom stereocenters. The van der Waals surface area contributed by atoms with Gasteiger partial charge in [-0.1, -0.05) is 6.07 Å². The molecule has 0 bridgehead atoms. The Morgan fingerprint density at radius 3 is 2.71 bits per heavy atom. The molecule has 0 fully saturated rings. The number of rotatable bonds is 5. The first-order valence-corrected chi connectivity index (χ1v) is 7.34. The highest BCUT2D eigenvalue weighted by Crippen LogP contribution is 2.34. The minimum absolute atomic E-state index is 0.0876. The highest BCUT2D eigenvalue weighted by molar-refractivity contribution is 6.53. The van der Waals surface area contributed by atoms with Crippen molar-refractivity contribution in [1.82, 2.24) is 9.88 Å². The van der Waals surface area contributed by atoms with E-state index < -0.39 is 17.7 Å². The molecule has 0 radical (unpaired) electrons. The molecule has 0 unspecified atom stereocenters. The molecular weight excluding hydrogens is 312 g/mol. The molecule has 2 heterocycles. The minimum Gasteiger partial charge on any atom is -0.478 e. The maximum Gasteiger partial charge on any atom is 0.335 e. The maximum atomic E-state index is 12.0. The molecule has 1 aliphatic rings. The van der Waals surface area contributed by atoms with Gasteiger partial charge in [0.15, 0.2) is 0 Å². The van der Waals surface area contributed by atoms with Crippen LogP contribution >= 0.6 is 0 Å². The number of carbonyl (C=O) groups is 3. The fourth-order valence-electron chi connectivity index (χ4n) is 2.58. The lowest BCUT2D eigenvalue weighted by molar-refractivity contribution is -0.112. The van der Waals surface area contributed by atoms with Crippen LogP contribution in [0.25, 0.3) is 10.8 Å². The summed E-state index contributed by atoms with van der Waals surface area (Å²) in [6, 6.07) is 4.40. The van der Waals surface area contributed by atoms with Gasteiger partial charge in [-0.25, -0.2) is 9.78 Å². The van der Waals surface area contributed by atoms with Gasteiger partial charge in [-0.2, -0.15) is 0 Å². The first-order valence-electron chi connectivity index (χ1n) is 7.34. The van der Waals surface area contributed by atoms with E-state index in [0.29, 0.717) is 23.1 Å². The van der Waals surface area contributed by atoms with E-state index in [0.717, 1.165) is 6.54 Å². The monoisotopic (exact) mass is 328 g/mol. The van der Waals surface area contributed by atoms with E-state index in [1.54, 1.807) is 0 Å². The molecule has 1 aliphatic heterocycles. The summed E-state index contributed by atoms with van der Waals surface area (Å²) in [5, 5.41) is 15.8. The first kappa shape index (κ1) is 15.9. The van der Waals surface area contributed by atoms with Gasteiger partial charge in [0.1, 0.15) is 11.6 Å². The Labute approximate surface area is 137 Å². The van der Waals surface area contributed by atoms with Crippen LogP contribution in [0.5, 0.6) is 0 Å². The number of carbonyl (C=O) groups excluding carboxylic acids is 2. The molecule has 0 saturated carbocycles. The van der Waals surface area contributed by atoms with E-state index in [4.69, 9.17) is 0 Å². The number of benzene rings is 1. The number of ketones is 1. The summed E-state index contributed by atoms with van der Waals surface area (Å²) < 4.78 is 0. The topological polar surface area (TPSA) is 112 Å². The number of pyridine rings is 1. The highest BCUT2D eigenvalue weighted by Gasteiger charge is 2.32. The third-order valence-corrected chi connectivity index (χ3v) is 3.77. The summed E-state index contributed by atoms with van der Waals surface area (Å²) >= 11 is 0. The van der Waals surface area contributed by atoms with Crippen LogP contribution in [0.15, 0.2) is 18.2 Å². The number of nitrogens with one attached hydrogen (secondary N) is 2. The third-order valence-electron chi connectivity index (χ3n) is 3.77. The van der Waals surface area contributed by atoms with Crippen molar-refractivity contribution in [2.45, 2.75) is 0 Å². The van der Waals surface area contributed by atoms with Crippen molar-refractivity contribution in [2.24, 2.45) is 0 Å². The van der Waals surface area contributed by atoms with Gasteiger partial charge in [-0.05, 0) is 26.2 Å². The van der Waals surface area contributed by atoms with Gasteiger partial charge in [0.05, 0.1) is 11.1 Å². The van der Waals surface area contributed by atoms with E-state index in [1.807, 2.05) is 19.0 Å². The lowest BCUT2D eigenvalue weighted by Gasteiger charge is -2.14. The molecule has 24 heavy (non-hydrogen) atoms. The van der Waals surface area contributed by atoms with E-state index >= 15 is 0 Å². The molecule has 0 aliphatic carbocycles. The number of likely N-dealkylation sites (N-methyl/N-ethyl adjacent to an activating group) is 1. The Bertz CT molecular complexity index is 876. The van der Waals surface area contributed by atoms with Crippen LogP contribution in [0.3, 0.4) is 0 Å². The molecule has 1 amide bonds. The van der Waals surface area contributed by atoms with Gasteiger partial charge in [0.2, 0.25) is 0 Å². The summed E-state index contributed by atoms with van der Waals surface area (Å²) in [5.74, 6) is -1.83. The van der Waals surface area contributed by atoms with Crippen LogP contribution in [0.2, 0.25) is 0 Å². The van der Waals surface area contributed by atoms with Gasteiger partial charge in [0.25, 0.3) is 11.7 Å². The first-order chi connectivity index (χ1) is 11.4. The van der Waals surface area contributed by atoms with E-state index in [9.17, 15) is 19.5 Å². The standard InChI is InChI=1S/C16H16N4O4/c1-20(2)6-5-17-13-10-7-8(16(23)24)3-4-9(10)11-12(21)15(22)19-14(11)18-13/h3-4,7H,5-6H2,1-2H3,(H,23,24)(H2,17,18,19,21,22). The zero-order chi connectivity index (χ0) is 17.4. The number of nitrogens with zero attached hydrogens (tertiary/aromatic N) is 2. The fourth-order valence-corrected chi connectivity index (χ4v) is 2.58. The zero-order valence-electron chi connectivity index (χ0n) is 13.2. The van der Waals surface area contributed by atoms with Gasteiger partial charge in [-0.3, -0.25) is 9.59 Å². The molecule has 1 aromatic carbocycles. The van der Waals surface area contributed by atoms with Gasteiger partial charge < -0.3 is 20.6 Å². The molecule has 3 N–H and O–H groups in total. The van der Waals surface area contributed by atoms with Crippen molar-refractivity contribution in [2.75, 3.05) is 37.8 Å². The van der Waals surface area contributed by atoms with Crippen molar-refractivity contribution >= 4 is 40.1 Å². The second kappa shape index (κ2) is 5.89. The molecule has 0 spiro atoms. The molecule has 8 heteroatoms. The number of amides is 1. The van der Waals surface area contributed by atoms with Crippen LogP contribution in [0.1, 0.15) is 20.7 Å². The SMILES string of the molecule is CN(C)CCNc1nc2c(c3ccc(C(=O)O)cc13)C(=O)C(=O)N2. The summed E-state index contributed by atoms with van der Waals surface area (Å²) in [5.41, 5.74) is 0.273. The number of carboxylic acid groups (broad SMARTS) is 1. The average molecular weight is 328 g/mol. The van der Waals surface area contributed by atoms with Gasteiger partial charge >= 0.3 is 5.97 Å². The van der Waals surface area contributed by atoms with Crippen molar-refractivity contribution in [3.05, 3.63) is 29.3 Å². The number of fused-ring (bicyclic) bond motifs is 3. The van der Waals surface area contributed by atoms with E-state index in [-0.39, 0.29) is 16.9 Å². The molecule has 1 aromatic heterocycles. The normalized spacial score (nSPS) is 13.3. The van der Waals surface area contributed by atoms with Crippen LogP contribution < -0.4 is 10.6 Å².